The minimum Gasteiger partial charge on any atom is -0.398 e. The Balaban J connectivity index is 2.17. The van der Waals surface area contributed by atoms with Crippen molar-refractivity contribution in [2.24, 2.45) is 0 Å². The van der Waals surface area contributed by atoms with E-state index in [9.17, 15) is 8.42 Å². The quantitative estimate of drug-likeness (QED) is 0.727. The number of hydrogen-bond acceptors (Lipinski definition) is 5. The molecular weight excluding hydrogens is 288 g/mol. The van der Waals surface area contributed by atoms with E-state index in [1.165, 1.54) is 13.1 Å². The van der Waals surface area contributed by atoms with Crippen molar-refractivity contribution in [3.8, 4) is 0 Å². The van der Waals surface area contributed by atoms with Gasteiger partial charge in [0.15, 0.2) is 0 Å². The summed E-state index contributed by atoms with van der Waals surface area (Å²) in [5.74, 6) is 0. The molecule has 2 aromatic rings. The third-order valence-electron chi connectivity index (χ3n) is 3.19. The fourth-order valence-corrected chi connectivity index (χ4v) is 2.75. The number of nitrogens with two attached hydrogens (primary N) is 1. The molecule has 0 bridgehead atoms. The molecule has 7 heteroatoms. The molecule has 0 fully saturated rings. The zero-order valence-corrected chi connectivity index (χ0v) is 12.7. The first-order chi connectivity index (χ1) is 9.94. The molecule has 0 saturated carbocycles. The number of nitrogen functional groups attached to an aromatic ring is 1. The number of hydrogen-bond donors (Lipinski definition) is 3. The Morgan fingerprint density at radius 2 is 2.05 bits per heavy atom. The molecule has 0 aliphatic carbocycles. The summed E-state index contributed by atoms with van der Waals surface area (Å²) in [6, 6.07) is 6.73. The summed E-state index contributed by atoms with van der Waals surface area (Å²) >= 11 is 0. The van der Waals surface area contributed by atoms with Crippen LogP contribution in [-0.2, 0) is 16.6 Å². The Kier molecular flexibility index (Phi) is 4.44. The van der Waals surface area contributed by atoms with Crippen LogP contribution in [0.15, 0.2) is 41.6 Å². The summed E-state index contributed by atoms with van der Waals surface area (Å²) in [6.07, 6.45) is 3.54. The second-order valence-electron chi connectivity index (χ2n) is 4.62. The van der Waals surface area contributed by atoms with Gasteiger partial charge in [-0.1, -0.05) is 0 Å². The van der Waals surface area contributed by atoms with Crippen LogP contribution in [0.1, 0.15) is 11.1 Å². The Labute approximate surface area is 124 Å². The molecule has 0 atom stereocenters. The summed E-state index contributed by atoms with van der Waals surface area (Å²) in [6.45, 7) is 2.60. The second kappa shape index (κ2) is 6.11. The van der Waals surface area contributed by atoms with Gasteiger partial charge in [0.2, 0.25) is 10.0 Å². The Hall–Kier alpha value is -2.12. The number of aryl methyl sites for hydroxylation is 1. The molecule has 6 nitrogen and oxygen atoms in total. The number of sulfonamides is 1. The minimum absolute atomic E-state index is 0.0793. The van der Waals surface area contributed by atoms with E-state index in [4.69, 9.17) is 5.73 Å². The maximum Gasteiger partial charge on any atom is 0.242 e. The van der Waals surface area contributed by atoms with Gasteiger partial charge in [0.25, 0.3) is 0 Å². The highest BCUT2D eigenvalue weighted by Crippen LogP contribution is 2.22. The van der Waals surface area contributed by atoms with E-state index in [0.29, 0.717) is 6.54 Å². The van der Waals surface area contributed by atoms with Gasteiger partial charge in [-0.05, 0) is 49.4 Å². The number of benzene rings is 1. The highest BCUT2D eigenvalue weighted by atomic mass is 32.2. The molecule has 0 aliphatic rings. The van der Waals surface area contributed by atoms with Crippen molar-refractivity contribution in [1.82, 2.24) is 9.71 Å². The Morgan fingerprint density at radius 3 is 2.67 bits per heavy atom. The largest absolute Gasteiger partial charge is 0.398 e. The van der Waals surface area contributed by atoms with Crippen molar-refractivity contribution < 1.29 is 8.42 Å². The lowest BCUT2D eigenvalue weighted by molar-refractivity contribution is 0.588. The number of pyridine rings is 1. The highest BCUT2D eigenvalue weighted by Gasteiger charge is 2.15. The van der Waals surface area contributed by atoms with Gasteiger partial charge in [-0.3, -0.25) is 4.98 Å². The van der Waals surface area contributed by atoms with Crippen LogP contribution in [0.5, 0.6) is 0 Å². The predicted octanol–water partition coefficient (Wildman–Crippen LogP) is 1.49. The van der Waals surface area contributed by atoms with Gasteiger partial charge in [0.1, 0.15) is 4.90 Å². The van der Waals surface area contributed by atoms with Crippen LogP contribution in [-0.4, -0.2) is 20.4 Å². The minimum atomic E-state index is -3.53. The predicted molar refractivity (Wildman–Crippen MR) is 83.4 cm³/mol. The van der Waals surface area contributed by atoms with Crippen molar-refractivity contribution in [3.05, 3.63) is 47.8 Å². The van der Waals surface area contributed by atoms with Crippen LogP contribution in [0.25, 0.3) is 0 Å². The molecule has 0 aliphatic heterocycles. The maximum absolute atomic E-state index is 11.7. The van der Waals surface area contributed by atoms with E-state index in [0.717, 1.165) is 16.8 Å². The lowest BCUT2D eigenvalue weighted by Crippen LogP contribution is -2.20. The van der Waals surface area contributed by atoms with Crippen molar-refractivity contribution in [3.63, 3.8) is 0 Å². The van der Waals surface area contributed by atoms with E-state index in [2.05, 4.69) is 15.0 Å². The molecule has 2 rings (SSSR count). The molecule has 0 radical (unpaired) electrons. The van der Waals surface area contributed by atoms with Crippen molar-refractivity contribution in [2.75, 3.05) is 18.1 Å². The average molecular weight is 306 g/mol. The number of aromatic nitrogens is 1. The van der Waals surface area contributed by atoms with Crippen molar-refractivity contribution in [1.29, 1.82) is 0 Å². The number of nitrogens with one attached hydrogen (secondary N) is 2. The van der Waals surface area contributed by atoms with Crippen LogP contribution in [0, 0.1) is 6.92 Å². The molecule has 21 heavy (non-hydrogen) atoms. The SMILES string of the molecule is CNS(=O)(=O)c1ccc(NCc2ccncc2C)cc1N. The van der Waals surface area contributed by atoms with E-state index in [1.807, 2.05) is 13.0 Å². The van der Waals surface area contributed by atoms with E-state index in [-0.39, 0.29) is 10.6 Å². The van der Waals surface area contributed by atoms with Crippen LogP contribution in [0.3, 0.4) is 0 Å². The maximum atomic E-state index is 11.7. The van der Waals surface area contributed by atoms with Crippen LogP contribution in [0.2, 0.25) is 0 Å². The zero-order chi connectivity index (χ0) is 15.5. The van der Waals surface area contributed by atoms with Gasteiger partial charge in [-0.2, -0.15) is 0 Å². The highest BCUT2D eigenvalue weighted by molar-refractivity contribution is 7.89. The van der Waals surface area contributed by atoms with Gasteiger partial charge in [-0.15, -0.1) is 0 Å². The van der Waals surface area contributed by atoms with E-state index in [1.54, 1.807) is 24.5 Å². The molecule has 0 spiro atoms. The monoisotopic (exact) mass is 306 g/mol. The molecule has 0 unspecified atom stereocenters. The molecule has 0 saturated heterocycles. The third-order valence-corrected chi connectivity index (χ3v) is 4.68. The van der Waals surface area contributed by atoms with Crippen molar-refractivity contribution in [2.45, 2.75) is 18.4 Å². The molecule has 1 heterocycles. The van der Waals surface area contributed by atoms with Crippen molar-refractivity contribution >= 4 is 21.4 Å². The van der Waals surface area contributed by atoms with E-state index < -0.39 is 10.0 Å². The summed E-state index contributed by atoms with van der Waals surface area (Å²) < 4.78 is 25.7. The third kappa shape index (κ3) is 3.50. The average Bonchev–Trinajstić information content (AvgIpc) is 2.46. The fraction of sp³-hybridized carbons (Fsp3) is 0.214. The molecule has 1 aromatic heterocycles. The summed E-state index contributed by atoms with van der Waals surface area (Å²) in [5.41, 5.74) is 9.00. The second-order valence-corrected chi connectivity index (χ2v) is 6.47. The molecule has 0 amide bonds. The standard InChI is InChI=1S/C14H18N4O2S/c1-10-8-17-6-5-11(10)9-18-12-3-4-14(13(15)7-12)21(19,20)16-2/h3-8,16,18H,9,15H2,1-2H3. The van der Waals surface area contributed by atoms with Crippen LogP contribution < -0.4 is 15.8 Å². The number of nitrogens with zero attached hydrogens (tertiary/aromatic N) is 1. The lowest BCUT2D eigenvalue weighted by atomic mass is 10.1. The summed E-state index contributed by atoms with van der Waals surface area (Å²) in [4.78, 5) is 4.12. The molecule has 4 N–H and O–H groups in total. The zero-order valence-electron chi connectivity index (χ0n) is 11.9. The number of rotatable bonds is 5. The smallest absolute Gasteiger partial charge is 0.242 e. The van der Waals surface area contributed by atoms with Crippen LogP contribution >= 0.6 is 0 Å². The van der Waals surface area contributed by atoms with Gasteiger partial charge in [0.05, 0.1) is 5.69 Å². The van der Waals surface area contributed by atoms with Gasteiger partial charge < -0.3 is 11.1 Å². The van der Waals surface area contributed by atoms with Gasteiger partial charge >= 0.3 is 0 Å². The summed E-state index contributed by atoms with van der Waals surface area (Å²) in [5, 5.41) is 3.22. The number of anilines is 2. The fourth-order valence-electron chi connectivity index (χ4n) is 1.91. The van der Waals surface area contributed by atoms with Gasteiger partial charge in [0, 0.05) is 24.6 Å². The first-order valence-corrected chi connectivity index (χ1v) is 7.89. The van der Waals surface area contributed by atoms with E-state index >= 15 is 0 Å². The Bertz CT molecular complexity index is 744. The first kappa shape index (κ1) is 15.3. The molecule has 112 valence electrons. The molecule has 1 aromatic carbocycles. The molecular formula is C14H18N4O2S. The first-order valence-electron chi connectivity index (χ1n) is 6.40. The topological polar surface area (TPSA) is 97.1 Å². The Morgan fingerprint density at radius 1 is 1.29 bits per heavy atom. The van der Waals surface area contributed by atoms with Crippen LogP contribution in [0.4, 0.5) is 11.4 Å². The summed E-state index contributed by atoms with van der Waals surface area (Å²) in [7, 11) is -2.18. The lowest BCUT2D eigenvalue weighted by Gasteiger charge is -2.11. The van der Waals surface area contributed by atoms with Gasteiger partial charge in [-0.25, -0.2) is 13.1 Å². The normalized spacial score (nSPS) is 11.3.